The molecule has 0 fully saturated rings. The number of nitrogens with zero attached hydrogens (tertiary/aromatic N) is 3. The summed E-state index contributed by atoms with van der Waals surface area (Å²) < 4.78 is 1.69. The predicted octanol–water partition coefficient (Wildman–Crippen LogP) is 3.34. The molecule has 2 aromatic heterocycles. The molecule has 0 bridgehead atoms. The van der Waals surface area contributed by atoms with E-state index in [4.69, 9.17) is 0 Å². The summed E-state index contributed by atoms with van der Waals surface area (Å²) in [5.41, 5.74) is 1.87. The summed E-state index contributed by atoms with van der Waals surface area (Å²) >= 11 is 1.49. The molecule has 0 radical (unpaired) electrons. The van der Waals surface area contributed by atoms with E-state index in [1.54, 1.807) is 4.68 Å². The van der Waals surface area contributed by atoms with Gasteiger partial charge in [0.2, 0.25) is 0 Å². The van der Waals surface area contributed by atoms with E-state index in [2.05, 4.69) is 22.4 Å². The van der Waals surface area contributed by atoms with Crippen molar-refractivity contribution in [2.24, 2.45) is 0 Å². The average molecular weight is 313 g/mol. The van der Waals surface area contributed by atoms with Crippen LogP contribution in [0.15, 0.2) is 47.8 Å². The molecule has 112 valence electrons. The molecule has 3 aromatic rings. The van der Waals surface area contributed by atoms with E-state index in [9.17, 15) is 9.90 Å². The highest BCUT2D eigenvalue weighted by molar-refractivity contribution is 7.13. The molecule has 3 rings (SSSR count). The van der Waals surface area contributed by atoms with E-state index in [1.165, 1.54) is 16.9 Å². The van der Waals surface area contributed by atoms with Crippen LogP contribution in [0.3, 0.4) is 0 Å². The largest absolute Gasteiger partial charge is 0.476 e. The molecule has 2 heterocycles. The monoisotopic (exact) mass is 313 g/mol. The Kier molecular flexibility index (Phi) is 4.29. The van der Waals surface area contributed by atoms with Gasteiger partial charge in [0.25, 0.3) is 0 Å². The molecule has 0 aliphatic rings. The van der Waals surface area contributed by atoms with Gasteiger partial charge in [-0.3, -0.25) is 0 Å². The van der Waals surface area contributed by atoms with Gasteiger partial charge in [-0.1, -0.05) is 41.6 Å². The minimum Gasteiger partial charge on any atom is -0.476 e. The van der Waals surface area contributed by atoms with Crippen LogP contribution in [0.25, 0.3) is 10.6 Å². The van der Waals surface area contributed by atoms with Crippen LogP contribution >= 0.6 is 11.3 Å². The van der Waals surface area contributed by atoms with Gasteiger partial charge in [-0.2, -0.15) is 0 Å². The van der Waals surface area contributed by atoms with Gasteiger partial charge in [0.1, 0.15) is 5.69 Å². The van der Waals surface area contributed by atoms with E-state index in [-0.39, 0.29) is 5.69 Å². The first-order chi connectivity index (χ1) is 10.8. The number of carboxylic acids is 1. The molecule has 0 aliphatic carbocycles. The summed E-state index contributed by atoms with van der Waals surface area (Å²) in [5.74, 6) is -1.04. The van der Waals surface area contributed by atoms with Crippen molar-refractivity contribution >= 4 is 17.3 Å². The molecule has 1 N–H and O–H groups in total. The van der Waals surface area contributed by atoms with Gasteiger partial charge in [-0.05, 0) is 29.9 Å². The normalized spacial score (nSPS) is 10.7. The van der Waals surface area contributed by atoms with Crippen LogP contribution < -0.4 is 0 Å². The number of benzene rings is 1. The first-order valence-electron chi connectivity index (χ1n) is 7.00. The zero-order chi connectivity index (χ0) is 15.4. The van der Waals surface area contributed by atoms with Crippen molar-refractivity contribution < 1.29 is 9.90 Å². The molecule has 0 unspecified atom stereocenters. The van der Waals surface area contributed by atoms with Crippen molar-refractivity contribution in [2.45, 2.75) is 19.4 Å². The molecule has 6 heteroatoms. The van der Waals surface area contributed by atoms with Crippen molar-refractivity contribution in [3.05, 3.63) is 59.1 Å². The Balaban J connectivity index is 1.78. The number of thiophene rings is 1. The molecule has 0 amide bonds. The number of hydrogen-bond acceptors (Lipinski definition) is 4. The molecule has 1 aromatic carbocycles. The number of carbonyl (C=O) groups is 1. The van der Waals surface area contributed by atoms with Gasteiger partial charge in [0.15, 0.2) is 5.69 Å². The highest BCUT2D eigenvalue weighted by Crippen LogP contribution is 2.27. The van der Waals surface area contributed by atoms with Gasteiger partial charge in [0, 0.05) is 6.54 Å². The lowest BCUT2D eigenvalue weighted by molar-refractivity contribution is 0.0691. The van der Waals surface area contributed by atoms with E-state index < -0.39 is 5.97 Å². The molecule has 0 spiro atoms. The van der Waals surface area contributed by atoms with E-state index in [1.807, 2.05) is 35.7 Å². The molecule has 0 saturated heterocycles. The third-order valence-electron chi connectivity index (χ3n) is 3.37. The average Bonchev–Trinajstić information content (AvgIpc) is 3.17. The lowest BCUT2D eigenvalue weighted by Gasteiger charge is -2.06. The first kappa shape index (κ1) is 14.5. The van der Waals surface area contributed by atoms with Gasteiger partial charge < -0.3 is 5.11 Å². The Morgan fingerprint density at radius 2 is 2.00 bits per heavy atom. The quantitative estimate of drug-likeness (QED) is 0.758. The fourth-order valence-corrected chi connectivity index (χ4v) is 3.12. The van der Waals surface area contributed by atoms with Crippen molar-refractivity contribution in [1.82, 2.24) is 15.0 Å². The number of aryl methyl sites for hydroxylation is 2. The zero-order valence-electron chi connectivity index (χ0n) is 11.8. The number of carboxylic acid groups (broad SMARTS) is 1. The Bertz CT molecular complexity index is 751. The molecule has 0 saturated carbocycles. The van der Waals surface area contributed by atoms with Gasteiger partial charge in [-0.25, -0.2) is 9.48 Å². The highest BCUT2D eigenvalue weighted by atomic mass is 32.1. The van der Waals surface area contributed by atoms with Crippen LogP contribution in [0.1, 0.15) is 22.5 Å². The fraction of sp³-hybridized carbons (Fsp3) is 0.188. The van der Waals surface area contributed by atoms with E-state index in [0.29, 0.717) is 12.2 Å². The lowest BCUT2D eigenvalue weighted by Crippen LogP contribution is -2.05. The summed E-state index contributed by atoms with van der Waals surface area (Å²) in [6, 6.07) is 14.0. The van der Waals surface area contributed by atoms with Crippen molar-refractivity contribution in [3.63, 3.8) is 0 Å². The Hall–Kier alpha value is -2.47. The van der Waals surface area contributed by atoms with Gasteiger partial charge >= 0.3 is 5.97 Å². The minimum atomic E-state index is -1.04. The minimum absolute atomic E-state index is 0.0159. The second-order valence-corrected chi connectivity index (χ2v) is 5.83. The maximum absolute atomic E-state index is 11.3. The van der Waals surface area contributed by atoms with Crippen LogP contribution in [0.4, 0.5) is 0 Å². The molecule has 5 nitrogen and oxygen atoms in total. The molecular weight excluding hydrogens is 298 g/mol. The SMILES string of the molecule is O=C(O)c1nnn(CCCc2ccccc2)c1-c1cccs1. The summed E-state index contributed by atoms with van der Waals surface area (Å²) in [7, 11) is 0. The van der Waals surface area contributed by atoms with Crippen LogP contribution in [-0.2, 0) is 13.0 Å². The Morgan fingerprint density at radius 3 is 2.68 bits per heavy atom. The van der Waals surface area contributed by atoms with Crippen LogP contribution in [0, 0.1) is 0 Å². The summed E-state index contributed by atoms with van der Waals surface area (Å²) in [6.07, 6.45) is 1.80. The molecular formula is C16H15N3O2S. The maximum Gasteiger partial charge on any atom is 0.358 e. The second kappa shape index (κ2) is 6.53. The number of hydrogen-bond donors (Lipinski definition) is 1. The predicted molar refractivity (Wildman–Crippen MR) is 85.1 cm³/mol. The van der Waals surface area contributed by atoms with Crippen LogP contribution in [0.2, 0.25) is 0 Å². The molecule has 0 aliphatic heterocycles. The fourth-order valence-electron chi connectivity index (χ4n) is 2.35. The van der Waals surface area contributed by atoms with Crippen molar-refractivity contribution in [1.29, 1.82) is 0 Å². The van der Waals surface area contributed by atoms with E-state index in [0.717, 1.165) is 17.7 Å². The Morgan fingerprint density at radius 1 is 1.18 bits per heavy atom. The van der Waals surface area contributed by atoms with Crippen molar-refractivity contribution in [2.75, 3.05) is 0 Å². The highest BCUT2D eigenvalue weighted by Gasteiger charge is 2.20. The number of rotatable bonds is 6. The topological polar surface area (TPSA) is 68.0 Å². The first-order valence-corrected chi connectivity index (χ1v) is 7.88. The molecule has 0 atom stereocenters. The maximum atomic E-state index is 11.3. The summed E-state index contributed by atoms with van der Waals surface area (Å²) in [6.45, 7) is 0.641. The summed E-state index contributed by atoms with van der Waals surface area (Å²) in [5, 5.41) is 19.0. The smallest absolute Gasteiger partial charge is 0.358 e. The van der Waals surface area contributed by atoms with Crippen LogP contribution in [0.5, 0.6) is 0 Å². The number of aromatic carboxylic acids is 1. The Labute approximate surface area is 131 Å². The third kappa shape index (κ3) is 3.07. The van der Waals surface area contributed by atoms with E-state index >= 15 is 0 Å². The van der Waals surface area contributed by atoms with Gasteiger partial charge in [-0.15, -0.1) is 16.4 Å². The standard InChI is InChI=1S/C16H15N3O2S/c20-16(21)14-15(13-9-5-11-22-13)19(18-17-14)10-4-8-12-6-2-1-3-7-12/h1-3,5-7,9,11H,4,8,10H2,(H,20,21). The van der Waals surface area contributed by atoms with Gasteiger partial charge in [0.05, 0.1) is 4.88 Å². The lowest BCUT2D eigenvalue weighted by atomic mass is 10.1. The van der Waals surface area contributed by atoms with Crippen LogP contribution in [-0.4, -0.2) is 26.1 Å². The third-order valence-corrected chi connectivity index (χ3v) is 4.25. The van der Waals surface area contributed by atoms with Crippen molar-refractivity contribution in [3.8, 4) is 10.6 Å². The second-order valence-electron chi connectivity index (χ2n) is 4.88. The summed E-state index contributed by atoms with van der Waals surface area (Å²) in [4.78, 5) is 12.2. The number of aromatic nitrogens is 3. The molecule has 22 heavy (non-hydrogen) atoms. The zero-order valence-corrected chi connectivity index (χ0v) is 12.7.